The summed E-state index contributed by atoms with van der Waals surface area (Å²) >= 11 is 0. The molecular formula is C26H21N3O5. The Morgan fingerprint density at radius 3 is 2.38 bits per heavy atom. The van der Waals surface area contributed by atoms with Crippen LogP contribution in [0.4, 0.5) is 10.5 Å². The number of rotatable bonds is 6. The molecule has 1 unspecified atom stereocenters. The zero-order valence-corrected chi connectivity index (χ0v) is 18.3. The fraction of sp³-hybridized carbons (Fsp3) is 0.115. The lowest BCUT2D eigenvalue weighted by atomic mass is 9.99. The zero-order valence-electron chi connectivity index (χ0n) is 18.3. The molecule has 3 aromatic carbocycles. The van der Waals surface area contributed by atoms with Crippen LogP contribution < -0.4 is 15.4 Å². The number of hydrogen-bond donors (Lipinski definition) is 2. The Hall–Kier alpha value is -4.59. The summed E-state index contributed by atoms with van der Waals surface area (Å²) in [6.45, 7) is 1.14. The van der Waals surface area contributed by atoms with Gasteiger partial charge < -0.3 is 19.8 Å². The first-order valence-corrected chi connectivity index (χ1v) is 10.7. The number of nitrogens with one attached hydrogen (secondary N) is 2. The summed E-state index contributed by atoms with van der Waals surface area (Å²) in [5.41, 5.74) is -0.276. The van der Waals surface area contributed by atoms with Crippen molar-refractivity contribution in [3.63, 3.8) is 0 Å². The fourth-order valence-corrected chi connectivity index (χ4v) is 3.81. The number of amides is 4. The van der Waals surface area contributed by atoms with E-state index in [4.69, 9.17) is 9.15 Å². The number of nitrogens with zero attached hydrogens (tertiary/aromatic N) is 1. The molecular weight excluding hydrogens is 434 g/mol. The van der Waals surface area contributed by atoms with Crippen molar-refractivity contribution in [2.75, 3.05) is 11.9 Å². The van der Waals surface area contributed by atoms with Crippen LogP contribution in [-0.4, -0.2) is 29.3 Å². The first-order chi connectivity index (χ1) is 16.4. The van der Waals surface area contributed by atoms with Gasteiger partial charge in [0.1, 0.15) is 29.4 Å². The zero-order chi connectivity index (χ0) is 23.7. The van der Waals surface area contributed by atoms with Gasteiger partial charge in [0.05, 0.1) is 0 Å². The Kier molecular flexibility index (Phi) is 5.25. The van der Waals surface area contributed by atoms with Crippen LogP contribution in [0.3, 0.4) is 0 Å². The molecule has 1 fully saturated rings. The van der Waals surface area contributed by atoms with Crippen LogP contribution in [0.5, 0.6) is 11.5 Å². The summed E-state index contributed by atoms with van der Waals surface area (Å²) in [6, 6.07) is 24.5. The van der Waals surface area contributed by atoms with Crippen molar-refractivity contribution in [1.29, 1.82) is 0 Å². The van der Waals surface area contributed by atoms with Gasteiger partial charge in [-0.15, -0.1) is 0 Å². The number of ether oxygens (including phenoxy) is 1. The first-order valence-electron chi connectivity index (χ1n) is 10.7. The third kappa shape index (κ3) is 3.97. The van der Waals surface area contributed by atoms with E-state index >= 15 is 0 Å². The first kappa shape index (κ1) is 21.3. The molecule has 8 nitrogen and oxygen atoms in total. The number of fused-ring (bicyclic) bond motifs is 1. The fourth-order valence-electron chi connectivity index (χ4n) is 3.81. The van der Waals surface area contributed by atoms with Crippen LogP contribution in [0.15, 0.2) is 89.3 Å². The molecule has 1 aliphatic rings. The van der Waals surface area contributed by atoms with Gasteiger partial charge in [-0.25, -0.2) is 4.79 Å². The number of benzene rings is 3. The van der Waals surface area contributed by atoms with Crippen molar-refractivity contribution in [1.82, 2.24) is 10.2 Å². The Morgan fingerprint density at radius 1 is 0.971 bits per heavy atom. The Morgan fingerprint density at radius 2 is 1.65 bits per heavy atom. The number of carbonyl (C=O) groups is 3. The minimum atomic E-state index is -1.40. The average molecular weight is 455 g/mol. The predicted molar refractivity (Wildman–Crippen MR) is 125 cm³/mol. The number of anilines is 1. The van der Waals surface area contributed by atoms with Gasteiger partial charge in [-0.3, -0.25) is 14.5 Å². The third-order valence-electron chi connectivity index (χ3n) is 5.61. The van der Waals surface area contributed by atoms with Crippen molar-refractivity contribution in [3.8, 4) is 11.5 Å². The van der Waals surface area contributed by atoms with E-state index < -0.39 is 29.9 Å². The highest BCUT2D eigenvalue weighted by Gasteiger charge is 2.51. The normalized spacial score (nSPS) is 17.6. The number of carbonyl (C=O) groups excluding carboxylic acids is 3. The van der Waals surface area contributed by atoms with E-state index in [1.807, 2.05) is 48.5 Å². The van der Waals surface area contributed by atoms with Crippen LogP contribution in [0.25, 0.3) is 11.0 Å². The van der Waals surface area contributed by atoms with E-state index in [9.17, 15) is 14.4 Å². The summed E-state index contributed by atoms with van der Waals surface area (Å²) in [5, 5.41) is 6.17. The van der Waals surface area contributed by atoms with E-state index in [0.717, 1.165) is 10.3 Å². The monoisotopic (exact) mass is 455 g/mol. The lowest BCUT2D eigenvalue weighted by Crippen LogP contribution is -2.41. The standard InChI is InChI=1S/C26H21N3O5/c1-26(22-15-17-7-5-6-10-21(17)34-22)24(31)29(25(32)28-26)16-23(30)27-18-11-13-20(14-12-18)33-19-8-3-2-4-9-19/h2-15H,16H2,1H3,(H,27,30)(H,28,32). The molecule has 0 radical (unpaired) electrons. The molecule has 4 aromatic rings. The largest absolute Gasteiger partial charge is 0.458 e. The van der Waals surface area contributed by atoms with Crippen LogP contribution in [0, 0.1) is 0 Å². The minimum Gasteiger partial charge on any atom is -0.458 e. The quantitative estimate of drug-likeness (QED) is 0.413. The molecule has 4 amide bonds. The molecule has 1 aliphatic heterocycles. The van der Waals surface area contributed by atoms with E-state index in [1.165, 1.54) is 0 Å². The van der Waals surface area contributed by atoms with Crippen molar-refractivity contribution in [2.24, 2.45) is 0 Å². The van der Waals surface area contributed by atoms with Gasteiger partial charge in [0, 0.05) is 11.1 Å². The molecule has 2 heterocycles. The molecule has 1 aromatic heterocycles. The molecule has 0 spiro atoms. The summed E-state index contributed by atoms with van der Waals surface area (Å²) in [5.74, 6) is 0.557. The summed E-state index contributed by atoms with van der Waals surface area (Å²) in [6.07, 6.45) is 0. The smallest absolute Gasteiger partial charge is 0.325 e. The average Bonchev–Trinajstić information content (AvgIpc) is 3.37. The minimum absolute atomic E-state index is 0.309. The number of imide groups is 1. The molecule has 2 N–H and O–H groups in total. The summed E-state index contributed by atoms with van der Waals surface area (Å²) in [7, 11) is 0. The predicted octanol–water partition coefficient (Wildman–Crippen LogP) is 4.63. The highest BCUT2D eigenvalue weighted by atomic mass is 16.5. The summed E-state index contributed by atoms with van der Waals surface area (Å²) < 4.78 is 11.5. The number of hydrogen-bond acceptors (Lipinski definition) is 5. The number of para-hydroxylation sites is 2. The van der Waals surface area contributed by atoms with Crippen LogP contribution in [-0.2, 0) is 15.1 Å². The molecule has 0 aliphatic carbocycles. The SMILES string of the molecule is CC1(c2cc3ccccc3o2)NC(=O)N(CC(=O)Nc2ccc(Oc3ccccc3)cc2)C1=O. The van der Waals surface area contributed by atoms with Gasteiger partial charge in [0.25, 0.3) is 5.91 Å². The highest BCUT2D eigenvalue weighted by Crippen LogP contribution is 2.33. The van der Waals surface area contributed by atoms with Crippen LogP contribution in [0.1, 0.15) is 12.7 Å². The molecule has 0 saturated carbocycles. The lowest BCUT2D eigenvalue weighted by molar-refractivity contribution is -0.134. The van der Waals surface area contributed by atoms with Crippen LogP contribution >= 0.6 is 0 Å². The van der Waals surface area contributed by atoms with Crippen molar-refractivity contribution in [2.45, 2.75) is 12.5 Å². The maximum Gasteiger partial charge on any atom is 0.325 e. The number of furan rings is 1. The van der Waals surface area contributed by atoms with Crippen molar-refractivity contribution in [3.05, 3.63) is 90.7 Å². The van der Waals surface area contributed by atoms with Gasteiger partial charge in [-0.2, -0.15) is 0 Å². The van der Waals surface area contributed by atoms with Gasteiger partial charge in [-0.1, -0.05) is 36.4 Å². The Balaban J connectivity index is 1.24. The van der Waals surface area contributed by atoms with E-state index in [1.54, 1.807) is 43.3 Å². The molecule has 1 atom stereocenters. The second-order valence-electron chi connectivity index (χ2n) is 8.08. The van der Waals surface area contributed by atoms with Gasteiger partial charge in [0.2, 0.25) is 5.91 Å². The lowest BCUT2D eigenvalue weighted by Gasteiger charge is -2.19. The summed E-state index contributed by atoms with van der Waals surface area (Å²) in [4.78, 5) is 39.1. The second kappa shape index (κ2) is 8.40. The van der Waals surface area contributed by atoms with Gasteiger partial charge >= 0.3 is 6.03 Å². The highest BCUT2D eigenvalue weighted by molar-refractivity contribution is 6.10. The Bertz CT molecular complexity index is 1350. The maximum absolute atomic E-state index is 13.1. The molecule has 5 rings (SSSR count). The van der Waals surface area contributed by atoms with Crippen LogP contribution in [0.2, 0.25) is 0 Å². The molecule has 1 saturated heterocycles. The molecule has 170 valence electrons. The third-order valence-corrected chi connectivity index (χ3v) is 5.61. The van der Waals surface area contributed by atoms with Gasteiger partial charge in [-0.05, 0) is 55.5 Å². The van der Waals surface area contributed by atoms with E-state index in [2.05, 4.69) is 10.6 Å². The van der Waals surface area contributed by atoms with Crippen molar-refractivity contribution >= 4 is 34.5 Å². The Labute approximate surface area is 195 Å². The van der Waals surface area contributed by atoms with E-state index in [-0.39, 0.29) is 0 Å². The van der Waals surface area contributed by atoms with E-state index in [0.29, 0.717) is 28.5 Å². The van der Waals surface area contributed by atoms with Crippen molar-refractivity contribution < 1.29 is 23.5 Å². The maximum atomic E-state index is 13.1. The second-order valence-corrected chi connectivity index (χ2v) is 8.08. The topological polar surface area (TPSA) is 101 Å². The number of urea groups is 1. The molecule has 34 heavy (non-hydrogen) atoms. The molecule has 0 bridgehead atoms. The molecule has 8 heteroatoms. The van der Waals surface area contributed by atoms with Gasteiger partial charge in [0.15, 0.2) is 5.54 Å².